The van der Waals surface area contributed by atoms with Crippen LogP contribution in [0.2, 0.25) is 5.02 Å². The van der Waals surface area contributed by atoms with Gasteiger partial charge < -0.3 is 20.1 Å². The largest absolute Gasteiger partial charge is 0.469 e. The minimum absolute atomic E-state index is 0.0884. The number of benzene rings is 2. The van der Waals surface area contributed by atoms with Crippen molar-refractivity contribution in [3.05, 3.63) is 89.0 Å². The van der Waals surface area contributed by atoms with Gasteiger partial charge in [-0.2, -0.15) is 4.68 Å². The van der Waals surface area contributed by atoms with E-state index >= 15 is 0 Å². The number of rotatable bonds is 8. The fourth-order valence-corrected chi connectivity index (χ4v) is 5.49. The smallest absolute Gasteiger partial charge is 0.328 e. The van der Waals surface area contributed by atoms with Crippen LogP contribution in [-0.2, 0) is 30.3 Å². The highest BCUT2D eigenvalue weighted by molar-refractivity contribution is 6.30. The molecule has 0 fully saturated rings. The third-order valence-corrected chi connectivity index (χ3v) is 7.80. The van der Waals surface area contributed by atoms with E-state index in [0.717, 1.165) is 16.7 Å². The molecule has 3 heterocycles. The molecule has 2 aromatic carbocycles. The molecule has 2 aromatic heterocycles. The lowest BCUT2D eigenvalue weighted by Crippen LogP contribution is -2.32. The Bertz CT molecular complexity index is 1730. The van der Waals surface area contributed by atoms with E-state index in [1.165, 1.54) is 24.2 Å². The van der Waals surface area contributed by atoms with Crippen LogP contribution in [0.1, 0.15) is 55.5 Å². The molecule has 0 saturated heterocycles. The fourth-order valence-electron chi connectivity index (χ4n) is 5.31. The van der Waals surface area contributed by atoms with E-state index < -0.39 is 12.1 Å². The molecule has 5 rings (SSSR count). The molecule has 238 valence electrons. The molecule has 1 aliphatic heterocycles. The van der Waals surface area contributed by atoms with Crippen molar-refractivity contribution in [1.29, 1.82) is 0 Å². The third kappa shape index (κ3) is 8.13. The SMILES string of the molecule is CCOC(=O)[C@H]1CCCC[C@H](NC(=O)/C=C/c2cc(Cl)ccc2-n2cnnn2)c2cc(ccn2)-c2ccc(CC(=O)OC)cc2N1. The number of ether oxygens (including phenoxy) is 2. The lowest BCUT2D eigenvalue weighted by atomic mass is 9.95. The van der Waals surface area contributed by atoms with Crippen molar-refractivity contribution in [1.82, 2.24) is 30.5 Å². The normalized spacial score (nSPS) is 16.3. The molecule has 2 bridgehead atoms. The van der Waals surface area contributed by atoms with Crippen LogP contribution in [0.25, 0.3) is 22.9 Å². The lowest BCUT2D eigenvalue weighted by Gasteiger charge is -2.24. The van der Waals surface area contributed by atoms with E-state index in [-0.39, 0.29) is 30.9 Å². The number of carbonyl (C=O) groups excluding carboxylic acids is 3. The molecule has 0 aliphatic carbocycles. The van der Waals surface area contributed by atoms with E-state index in [1.807, 2.05) is 30.3 Å². The van der Waals surface area contributed by atoms with Gasteiger partial charge >= 0.3 is 11.9 Å². The summed E-state index contributed by atoms with van der Waals surface area (Å²) in [5.74, 6) is -1.03. The predicted octanol–water partition coefficient (Wildman–Crippen LogP) is 4.88. The first-order valence-electron chi connectivity index (χ1n) is 14.9. The molecular weight excluding hydrogens is 610 g/mol. The average molecular weight is 644 g/mol. The second-order valence-corrected chi connectivity index (χ2v) is 11.1. The van der Waals surface area contributed by atoms with Crippen LogP contribution in [0.5, 0.6) is 0 Å². The molecule has 0 unspecified atom stereocenters. The Hall–Kier alpha value is -5.10. The van der Waals surface area contributed by atoms with Crippen LogP contribution >= 0.6 is 11.6 Å². The molecule has 12 nitrogen and oxygen atoms in total. The van der Waals surface area contributed by atoms with Crippen LogP contribution in [0, 0.1) is 0 Å². The summed E-state index contributed by atoms with van der Waals surface area (Å²) in [7, 11) is 1.35. The zero-order valence-electron chi connectivity index (χ0n) is 25.5. The molecule has 13 heteroatoms. The average Bonchev–Trinajstić information content (AvgIpc) is 3.59. The zero-order chi connectivity index (χ0) is 32.5. The van der Waals surface area contributed by atoms with E-state index in [0.29, 0.717) is 53.3 Å². The minimum Gasteiger partial charge on any atom is -0.469 e. The summed E-state index contributed by atoms with van der Waals surface area (Å²) in [6, 6.07) is 13.6. The summed E-state index contributed by atoms with van der Waals surface area (Å²) in [5.41, 5.74) is 5.09. The van der Waals surface area contributed by atoms with E-state index in [4.69, 9.17) is 21.1 Å². The molecule has 1 amide bonds. The van der Waals surface area contributed by atoms with Gasteiger partial charge in [-0.05, 0) is 83.8 Å². The van der Waals surface area contributed by atoms with Crippen LogP contribution in [-0.4, -0.2) is 62.8 Å². The van der Waals surface area contributed by atoms with Gasteiger partial charge in [0, 0.05) is 34.1 Å². The quantitative estimate of drug-likeness (QED) is 0.201. The highest BCUT2D eigenvalue weighted by Crippen LogP contribution is 2.33. The van der Waals surface area contributed by atoms with E-state index in [9.17, 15) is 14.4 Å². The van der Waals surface area contributed by atoms with Crippen LogP contribution in [0.15, 0.2) is 67.1 Å². The van der Waals surface area contributed by atoms with Crippen molar-refractivity contribution in [2.75, 3.05) is 19.0 Å². The van der Waals surface area contributed by atoms with Gasteiger partial charge in [0.1, 0.15) is 12.4 Å². The molecular formula is C33H34ClN7O5. The van der Waals surface area contributed by atoms with Gasteiger partial charge in [0.05, 0.1) is 37.6 Å². The van der Waals surface area contributed by atoms with Gasteiger partial charge in [-0.15, -0.1) is 5.10 Å². The molecule has 2 atom stereocenters. The number of esters is 2. The highest BCUT2D eigenvalue weighted by atomic mass is 35.5. The van der Waals surface area contributed by atoms with E-state index in [1.54, 1.807) is 37.4 Å². The number of pyridine rings is 1. The Labute approximate surface area is 271 Å². The Morgan fingerprint density at radius 3 is 2.74 bits per heavy atom. The standard InChI is InChI=1S/C33H34ClN7O5/c1-3-46-33(44)27-7-5-4-6-26(38-31(42)13-9-23-18-24(34)10-12-30(23)41-20-36-39-40-41)29-19-22(14-15-35-29)25-11-8-21(16-28(25)37-27)17-32(43)45-2/h8-16,18-20,26-27,37H,3-7,17H2,1-2H3,(H,38,42)/b13-9+/t26-,27+/m0/s1. The van der Waals surface area contributed by atoms with Gasteiger partial charge in [-0.1, -0.05) is 36.6 Å². The highest BCUT2D eigenvalue weighted by Gasteiger charge is 2.24. The van der Waals surface area contributed by atoms with E-state index in [2.05, 4.69) is 31.1 Å². The lowest BCUT2D eigenvalue weighted by molar-refractivity contribution is -0.144. The Morgan fingerprint density at radius 1 is 1.11 bits per heavy atom. The maximum Gasteiger partial charge on any atom is 0.328 e. The number of aromatic nitrogens is 5. The number of anilines is 1. The summed E-state index contributed by atoms with van der Waals surface area (Å²) in [5, 5.41) is 18.3. The Morgan fingerprint density at radius 2 is 1.96 bits per heavy atom. The summed E-state index contributed by atoms with van der Waals surface area (Å²) in [6.45, 7) is 2.03. The second kappa shape index (κ2) is 15.3. The van der Waals surface area contributed by atoms with Crippen molar-refractivity contribution in [2.24, 2.45) is 0 Å². The third-order valence-electron chi connectivity index (χ3n) is 7.56. The van der Waals surface area contributed by atoms with Crippen LogP contribution in [0.4, 0.5) is 5.69 Å². The van der Waals surface area contributed by atoms with Crippen molar-refractivity contribution >= 4 is 41.2 Å². The Kier molecular flexibility index (Phi) is 10.7. The molecule has 0 radical (unpaired) electrons. The van der Waals surface area contributed by atoms with Gasteiger partial charge in [0.25, 0.3) is 0 Å². The Balaban J connectivity index is 1.45. The molecule has 4 aromatic rings. The van der Waals surface area contributed by atoms with Crippen molar-refractivity contribution in [3.63, 3.8) is 0 Å². The van der Waals surface area contributed by atoms with Gasteiger partial charge in [0.2, 0.25) is 5.91 Å². The van der Waals surface area contributed by atoms with Crippen LogP contribution < -0.4 is 10.6 Å². The summed E-state index contributed by atoms with van der Waals surface area (Å²) in [4.78, 5) is 42.9. The van der Waals surface area contributed by atoms with Gasteiger partial charge in [-0.25, -0.2) is 4.79 Å². The first kappa shape index (κ1) is 32.3. The zero-order valence-corrected chi connectivity index (χ0v) is 26.2. The summed E-state index contributed by atoms with van der Waals surface area (Å²) >= 11 is 6.24. The van der Waals surface area contributed by atoms with Crippen molar-refractivity contribution in [3.8, 4) is 16.8 Å². The maximum absolute atomic E-state index is 13.3. The number of methoxy groups -OCH3 is 1. The summed E-state index contributed by atoms with van der Waals surface area (Å²) < 4.78 is 11.7. The predicted molar refractivity (Wildman–Crippen MR) is 172 cm³/mol. The number of fused-ring (bicyclic) bond motifs is 4. The number of carbonyl (C=O) groups is 3. The molecule has 0 spiro atoms. The first-order valence-corrected chi connectivity index (χ1v) is 15.3. The number of nitrogens with one attached hydrogen (secondary N) is 2. The molecule has 1 aliphatic rings. The van der Waals surface area contributed by atoms with Crippen molar-refractivity contribution in [2.45, 2.75) is 51.1 Å². The second-order valence-electron chi connectivity index (χ2n) is 10.7. The van der Waals surface area contributed by atoms with Gasteiger partial charge in [0.15, 0.2) is 0 Å². The minimum atomic E-state index is -0.601. The molecule has 0 saturated carbocycles. The number of hydrogen-bond donors (Lipinski definition) is 2. The van der Waals surface area contributed by atoms with Crippen molar-refractivity contribution < 1.29 is 23.9 Å². The van der Waals surface area contributed by atoms with Crippen LogP contribution in [0.3, 0.4) is 0 Å². The monoisotopic (exact) mass is 643 g/mol. The maximum atomic E-state index is 13.3. The fraction of sp³-hybridized carbons (Fsp3) is 0.303. The number of tetrazole rings is 1. The van der Waals surface area contributed by atoms with Gasteiger partial charge in [-0.3, -0.25) is 14.6 Å². The molecule has 46 heavy (non-hydrogen) atoms. The number of halogens is 1. The number of amides is 1. The number of nitrogens with zero attached hydrogens (tertiary/aromatic N) is 5. The summed E-state index contributed by atoms with van der Waals surface area (Å²) in [6.07, 6.45) is 8.87. The number of hydrogen-bond acceptors (Lipinski definition) is 10. The molecule has 2 N–H and O–H groups in total. The topological polar surface area (TPSA) is 150 Å². The first-order chi connectivity index (χ1) is 22.3.